The highest BCUT2D eigenvalue weighted by molar-refractivity contribution is 7.98. The maximum Gasteiger partial charge on any atom is 0.196 e. The van der Waals surface area contributed by atoms with Crippen molar-refractivity contribution in [3.05, 3.63) is 94.8 Å². The first-order chi connectivity index (χ1) is 14.0. The molecule has 146 valence electrons. The van der Waals surface area contributed by atoms with Crippen molar-refractivity contribution in [2.24, 2.45) is 0 Å². The first-order valence-electron chi connectivity index (χ1n) is 8.56. The molecular formula is C21H13ClF3N3S. The second-order valence-electron chi connectivity index (χ2n) is 6.10. The van der Waals surface area contributed by atoms with E-state index >= 15 is 0 Å². The highest BCUT2D eigenvalue weighted by Gasteiger charge is 2.20. The number of halogens is 4. The molecule has 0 saturated carbocycles. The first-order valence-corrected chi connectivity index (χ1v) is 9.93. The standard InChI is InChI=1S/C21H13ClF3N3S/c22-16-6-2-1-5-15(16)20-26-27-21(28(20)19-8-4-3-7-17(19)24)29-12-13-9-10-14(23)11-18(13)25/h1-11H,12H2. The Kier molecular flexibility index (Phi) is 5.60. The van der Waals surface area contributed by atoms with Gasteiger partial charge in [-0.2, -0.15) is 0 Å². The predicted molar refractivity (Wildman–Crippen MR) is 108 cm³/mol. The van der Waals surface area contributed by atoms with Gasteiger partial charge in [-0.1, -0.05) is 53.7 Å². The smallest absolute Gasteiger partial charge is 0.196 e. The zero-order chi connectivity index (χ0) is 20.4. The molecule has 0 fully saturated rings. The fraction of sp³-hybridized carbons (Fsp3) is 0.0476. The molecule has 1 aromatic heterocycles. The van der Waals surface area contributed by atoms with E-state index in [0.29, 0.717) is 27.1 Å². The lowest BCUT2D eigenvalue weighted by Crippen LogP contribution is -2.03. The van der Waals surface area contributed by atoms with Crippen molar-refractivity contribution < 1.29 is 13.2 Å². The number of benzene rings is 3. The average molecular weight is 432 g/mol. The van der Waals surface area contributed by atoms with Crippen LogP contribution < -0.4 is 0 Å². The predicted octanol–water partition coefficient (Wildman–Crippen LogP) is 6.30. The highest BCUT2D eigenvalue weighted by atomic mass is 35.5. The van der Waals surface area contributed by atoms with Crippen LogP contribution in [0, 0.1) is 17.5 Å². The molecule has 0 aliphatic carbocycles. The molecule has 3 aromatic carbocycles. The monoisotopic (exact) mass is 431 g/mol. The normalized spacial score (nSPS) is 11.0. The van der Waals surface area contributed by atoms with Crippen LogP contribution in [0.3, 0.4) is 0 Å². The van der Waals surface area contributed by atoms with Gasteiger partial charge in [0, 0.05) is 17.4 Å². The van der Waals surface area contributed by atoms with Crippen LogP contribution in [0.2, 0.25) is 5.02 Å². The largest absolute Gasteiger partial charge is 0.267 e. The van der Waals surface area contributed by atoms with E-state index in [1.54, 1.807) is 47.0 Å². The summed E-state index contributed by atoms with van der Waals surface area (Å²) in [7, 11) is 0. The third-order valence-corrected chi connectivity index (χ3v) is 5.52. The minimum absolute atomic E-state index is 0.168. The zero-order valence-electron chi connectivity index (χ0n) is 14.8. The second-order valence-corrected chi connectivity index (χ2v) is 7.45. The lowest BCUT2D eigenvalue weighted by atomic mass is 10.2. The van der Waals surface area contributed by atoms with Gasteiger partial charge in [0.1, 0.15) is 17.5 Å². The van der Waals surface area contributed by atoms with Crippen molar-refractivity contribution in [3.8, 4) is 17.1 Å². The summed E-state index contributed by atoms with van der Waals surface area (Å²) >= 11 is 7.47. The average Bonchev–Trinajstić information content (AvgIpc) is 3.11. The molecule has 4 aromatic rings. The van der Waals surface area contributed by atoms with E-state index in [4.69, 9.17) is 11.6 Å². The molecule has 0 saturated heterocycles. The highest BCUT2D eigenvalue weighted by Crippen LogP contribution is 2.33. The van der Waals surface area contributed by atoms with Gasteiger partial charge < -0.3 is 0 Å². The van der Waals surface area contributed by atoms with Crippen molar-refractivity contribution in [1.29, 1.82) is 0 Å². The Morgan fingerprint density at radius 2 is 1.62 bits per heavy atom. The number of para-hydroxylation sites is 1. The Morgan fingerprint density at radius 3 is 2.38 bits per heavy atom. The Balaban J connectivity index is 1.78. The van der Waals surface area contributed by atoms with Crippen LogP contribution in [-0.4, -0.2) is 14.8 Å². The molecule has 29 heavy (non-hydrogen) atoms. The fourth-order valence-electron chi connectivity index (χ4n) is 2.81. The van der Waals surface area contributed by atoms with Gasteiger partial charge in [-0.3, -0.25) is 4.57 Å². The molecule has 0 spiro atoms. The SMILES string of the molecule is Fc1ccc(CSc2nnc(-c3ccccc3Cl)n2-c2ccccc2F)c(F)c1. The third kappa shape index (κ3) is 4.02. The van der Waals surface area contributed by atoms with Crippen LogP contribution in [-0.2, 0) is 5.75 Å². The summed E-state index contributed by atoms with van der Waals surface area (Å²) in [4.78, 5) is 0. The van der Waals surface area contributed by atoms with E-state index in [9.17, 15) is 13.2 Å². The summed E-state index contributed by atoms with van der Waals surface area (Å²) in [6.07, 6.45) is 0. The van der Waals surface area contributed by atoms with Crippen LogP contribution in [0.1, 0.15) is 5.56 Å². The van der Waals surface area contributed by atoms with E-state index in [0.717, 1.165) is 17.8 Å². The van der Waals surface area contributed by atoms with Crippen LogP contribution >= 0.6 is 23.4 Å². The molecule has 8 heteroatoms. The lowest BCUT2D eigenvalue weighted by molar-refractivity contribution is 0.576. The molecule has 0 aliphatic heterocycles. The maximum absolute atomic E-state index is 14.6. The molecule has 0 amide bonds. The zero-order valence-corrected chi connectivity index (χ0v) is 16.4. The Morgan fingerprint density at radius 1 is 0.862 bits per heavy atom. The van der Waals surface area contributed by atoms with Crippen LogP contribution in [0.4, 0.5) is 13.2 Å². The number of hydrogen-bond acceptors (Lipinski definition) is 3. The quantitative estimate of drug-likeness (QED) is 0.347. The lowest BCUT2D eigenvalue weighted by Gasteiger charge is -2.12. The summed E-state index contributed by atoms with van der Waals surface area (Å²) in [6, 6.07) is 16.6. The maximum atomic E-state index is 14.6. The molecule has 0 atom stereocenters. The van der Waals surface area contributed by atoms with E-state index < -0.39 is 17.5 Å². The summed E-state index contributed by atoms with van der Waals surface area (Å²) in [5.74, 6) is -1.23. The number of aromatic nitrogens is 3. The Bertz CT molecular complexity index is 1180. The molecular weight excluding hydrogens is 419 g/mol. The van der Waals surface area contributed by atoms with Crippen LogP contribution in [0.15, 0.2) is 71.9 Å². The first kappa shape index (κ1) is 19.5. The molecule has 0 unspecified atom stereocenters. The summed E-state index contributed by atoms with van der Waals surface area (Å²) in [5, 5.41) is 9.17. The molecule has 1 heterocycles. The van der Waals surface area contributed by atoms with Gasteiger partial charge in [0.2, 0.25) is 0 Å². The van der Waals surface area contributed by atoms with Crippen LogP contribution in [0.25, 0.3) is 17.1 Å². The number of rotatable bonds is 5. The van der Waals surface area contributed by atoms with Crippen molar-refractivity contribution in [1.82, 2.24) is 14.8 Å². The number of nitrogens with zero attached hydrogens (tertiary/aromatic N) is 3. The van der Waals surface area contributed by atoms with Crippen molar-refractivity contribution in [2.45, 2.75) is 10.9 Å². The summed E-state index contributed by atoms with van der Waals surface area (Å²) in [6.45, 7) is 0. The minimum Gasteiger partial charge on any atom is -0.267 e. The van der Waals surface area contributed by atoms with Crippen LogP contribution in [0.5, 0.6) is 0 Å². The third-order valence-electron chi connectivity index (χ3n) is 4.21. The van der Waals surface area contributed by atoms with Gasteiger partial charge in [-0.05, 0) is 35.9 Å². The van der Waals surface area contributed by atoms with Gasteiger partial charge in [0.15, 0.2) is 11.0 Å². The molecule has 3 nitrogen and oxygen atoms in total. The molecule has 0 N–H and O–H groups in total. The molecule has 4 rings (SSSR count). The van der Waals surface area contributed by atoms with Gasteiger partial charge in [-0.25, -0.2) is 13.2 Å². The number of thioether (sulfide) groups is 1. The Labute approximate surface area is 174 Å². The molecule has 0 aliphatic rings. The van der Waals surface area contributed by atoms with Gasteiger partial charge in [0.05, 0.1) is 10.7 Å². The Hall–Kier alpha value is -2.77. The van der Waals surface area contributed by atoms with E-state index in [1.165, 1.54) is 18.2 Å². The van der Waals surface area contributed by atoms with Gasteiger partial charge in [-0.15, -0.1) is 10.2 Å². The van der Waals surface area contributed by atoms with E-state index in [-0.39, 0.29) is 11.4 Å². The van der Waals surface area contributed by atoms with Gasteiger partial charge >= 0.3 is 0 Å². The molecule has 0 bridgehead atoms. The van der Waals surface area contributed by atoms with Crippen molar-refractivity contribution in [2.75, 3.05) is 0 Å². The molecule has 0 radical (unpaired) electrons. The number of hydrogen-bond donors (Lipinski definition) is 0. The minimum atomic E-state index is -0.652. The van der Waals surface area contributed by atoms with E-state index in [2.05, 4.69) is 10.2 Å². The second kappa shape index (κ2) is 8.31. The van der Waals surface area contributed by atoms with Gasteiger partial charge in [0.25, 0.3) is 0 Å². The fourth-order valence-corrected chi connectivity index (χ4v) is 3.96. The van der Waals surface area contributed by atoms with Crippen molar-refractivity contribution >= 4 is 23.4 Å². The summed E-state index contributed by atoms with van der Waals surface area (Å²) in [5.41, 5.74) is 1.14. The van der Waals surface area contributed by atoms with E-state index in [1.807, 2.05) is 0 Å². The topological polar surface area (TPSA) is 30.7 Å². The van der Waals surface area contributed by atoms with Crippen molar-refractivity contribution in [3.63, 3.8) is 0 Å². The summed E-state index contributed by atoms with van der Waals surface area (Å²) < 4.78 is 43.3.